The Balaban J connectivity index is 3.45. The Morgan fingerprint density at radius 2 is 0.914 bits per heavy atom. The fraction of sp³-hybridized carbons (Fsp3) is 0.673. The van der Waals surface area contributed by atoms with Crippen LogP contribution in [0.25, 0.3) is 0 Å². The first-order valence-electron chi connectivity index (χ1n) is 27.0. The Bertz CT molecular complexity index is 2210. The molecule has 10 amide bonds. The van der Waals surface area contributed by atoms with E-state index in [2.05, 4.69) is 47.9 Å². The van der Waals surface area contributed by atoms with Gasteiger partial charge in [0.1, 0.15) is 54.4 Å². The zero-order valence-corrected chi connectivity index (χ0v) is 48.2. The Hall–Kier alpha value is -6.50. The van der Waals surface area contributed by atoms with Gasteiger partial charge in [-0.15, -0.1) is 0 Å². The largest absolute Gasteiger partial charge is 0.480 e. The number of unbranched alkanes of at least 4 members (excludes halogenated alkanes) is 2. The van der Waals surface area contributed by atoms with E-state index in [1.165, 1.54) is 18.7 Å². The van der Waals surface area contributed by atoms with Crippen molar-refractivity contribution in [1.82, 2.24) is 47.9 Å². The van der Waals surface area contributed by atoms with Crippen molar-refractivity contribution >= 4 is 76.8 Å². The quantitative estimate of drug-likeness (QED) is 0.0275. The molecule has 12 atom stereocenters. The first-order valence-corrected chi connectivity index (χ1v) is 28.4. The van der Waals surface area contributed by atoms with Crippen molar-refractivity contribution in [3.63, 3.8) is 0 Å². The molecule has 458 valence electrons. The van der Waals surface area contributed by atoms with Crippen molar-refractivity contribution in [1.29, 1.82) is 0 Å². The topological polar surface area (TPSA) is 481 Å². The maximum atomic E-state index is 14.1. The molecule has 0 unspecified atom stereocenters. The second-order valence-corrected chi connectivity index (χ2v) is 21.5. The predicted octanol–water partition coefficient (Wildman–Crippen LogP) is -4.65. The van der Waals surface area contributed by atoms with Crippen LogP contribution in [0.3, 0.4) is 0 Å². The summed E-state index contributed by atoms with van der Waals surface area (Å²) in [5.41, 5.74) is 23.5. The van der Waals surface area contributed by atoms with E-state index < -0.39 is 157 Å². The Morgan fingerprint density at radius 3 is 1.35 bits per heavy atom. The normalized spacial score (nSPS) is 15.7. The van der Waals surface area contributed by atoms with Gasteiger partial charge >= 0.3 is 5.97 Å². The van der Waals surface area contributed by atoms with Crippen molar-refractivity contribution in [2.75, 3.05) is 31.7 Å². The van der Waals surface area contributed by atoms with E-state index >= 15 is 0 Å². The first-order chi connectivity index (χ1) is 38.1. The third-order valence-corrected chi connectivity index (χ3v) is 13.2. The van der Waals surface area contributed by atoms with Crippen LogP contribution in [-0.2, 0) is 59.2 Å². The van der Waals surface area contributed by atoms with E-state index in [1.807, 2.05) is 13.8 Å². The van der Waals surface area contributed by atoms with Crippen LogP contribution in [0.15, 0.2) is 30.3 Å². The molecule has 0 aliphatic carbocycles. The fourth-order valence-corrected chi connectivity index (χ4v) is 8.48. The van der Waals surface area contributed by atoms with Gasteiger partial charge in [0.25, 0.3) is 0 Å². The number of benzene rings is 1. The lowest BCUT2D eigenvalue weighted by Gasteiger charge is -2.29. The molecular weight excluding hydrogens is 1080 g/mol. The molecule has 81 heavy (non-hydrogen) atoms. The number of primary amides is 1. The summed E-state index contributed by atoms with van der Waals surface area (Å²) in [6, 6.07) is -6.76. The van der Waals surface area contributed by atoms with Crippen molar-refractivity contribution < 1.29 is 73.2 Å². The highest BCUT2D eigenvalue weighted by Gasteiger charge is 2.38. The molecule has 0 saturated heterocycles. The minimum Gasteiger partial charge on any atom is -0.480 e. The van der Waals surface area contributed by atoms with E-state index in [0.29, 0.717) is 30.6 Å². The highest BCUT2D eigenvalue weighted by Crippen LogP contribution is 2.12. The van der Waals surface area contributed by atoms with Crippen molar-refractivity contribution in [2.45, 2.75) is 178 Å². The Labute approximate surface area is 477 Å². The number of carbonyl (C=O) groups is 11. The van der Waals surface area contributed by atoms with Crippen LogP contribution in [0.5, 0.6) is 0 Å². The van der Waals surface area contributed by atoms with Gasteiger partial charge in [-0.3, -0.25) is 47.9 Å². The molecule has 0 aliphatic heterocycles. The summed E-state index contributed by atoms with van der Waals surface area (Å²) < 4.78 is 0. The van der Waals surface area contributed by atoms with Crippen molar-refractivity contribution in [3.8, 4) is 0 Å². The number of carbonyl (C=O) groups excluding carboxylic acids is 10. The van der Waals surface area contributed by atoms with E-state index in [-0.39, 0.29) is 57.5 Å². The minimum atomic E-state index is -1.93. The molecule has 0 spiro atoms. The van der Waals surface area contributed by atoms with Gasteiger partial charge in [-0.05, 0) is 108 Å². The zero-order valence-electron chi connectivity index (χ0n) is 47.4. The van der Waals surface area contributed by atoms with Gasteiger partial charge in [-0.25, -0.2) is 4.79 Å². The number of carboxylic acids is 1. The third-order valence-electron chi connectivity index (χ3n) is 12.6. The first kappa shape index (κ1) is 72.5. The fourth-order valence-electron chi connectivity index (χ4n) is 8.01. The number of nitrogens with two attached hydrogens (primary N) is 4. The molecule has 1 aromatic rings. The van der Waals surface area contributed by atoms with Crippen LogP contribution in [-0.4, -0.2) is 190 Å². The second-order valence-electron chi connectivity index (χ2n) is 20.5. The van der Waals surface area contributed by atoms with Gasteiger partial charge in [-0.2, -0.15) is 11.8 Å². The molecule has 0 aliphatic rings. The maximum Gasteiger partial charge on any atom is 0.326 e. The Morgan fingerprint density at radius 1 is 0.519 bits per heavy atom. The standard InChI is InChI=1S/C52H89N13O15S/c1-27(2)23-32(55)43(70)57-35(19-22-81-7)46(73)64-41(29(5)67)50(77)59-34(18-12-14-21-54)44(71)58-33(17-11-13-20-53)45(72)60-37(25-39(56)69)47(74)62-38(26-66)49(76)65-42(30(6)68)51(78)61-36(24-31-15-9-8-10-16-31)48(75)63-40(28(3)4)52(79)80/h8-10,15-16,27-30,32-38,40-42,66-68H,11-14,17-26,53-55H2,1-7H3,(H2,56,69)(H,57,70)(H,58,71)(H,59,77)(H,60,72)(H,61,78)(H,62,74)(H,63,75)(H,64,73)(H,65,76)(H,79,80)/t29-,30-,32+,33+,34+,35+,36+,37+,38+,40+,41+,42+/m1/s1. The molecule has 29 heteroatoms. The number of hydrogen-bond donors (Lipinski definition) is 17. The van der Waals surface area contributed by atoms with Gasteiger partial charge in [0.2, 0.25) is 59.1 Å². The summed E-state index contributed by atoms with van der Waals surface area (Å²) in [4.78, 5) is 148. The number of carboxylic acid groups (broad SMARTS) is 1. The molecule has 0 radical (unpaired) electrons. The maximum absolute atomic E-state index is 14.1. The molecule has 21 N–H and O–H groups in total. The average Bonchev–Trinajstić information content (AvgIpc) is 3.42. The van der Waals surface area contributed by atoms with Gasteiger partial charge in [0.15, 0.2) is 0 Å². The SMILES string of the molecule is CSCC[C@H](NC(=O)[C@@H](N)CC(C)C)C(=O)N[C@H](C(=O)N[C@@H](CCCCN)C(=O)N[C@@H](CCCCN)C(=O)N[C@@H](CC(N)=O)C(=O)N[C@@H](CO)C(=O)N[C@H](C(=O)N[C@@H](Cc1ccccc1)C(=O)N[C@H](C(=O)O)C(C)C)[C@@H](C)O)[C@@H](C)O. The number of thioether (sulfide) groups is 1. The predicted molar refractivity (Wildman–Crippen MR) is 300 cm³/mol. The summed E-state index contributed by atoms with van der Waals surface area (Å²) in [6.07, 6.45) is -0.931. The summed E-state index contributed by atoms with van der Waals surface area (Å²) in [7, 11) is 0. The van der Waals surface area contributed by atoms with E-state index in [0.717, 1.165) is 6.92 Å². The monoisotopic (exact) mass is 1170 g/mol. The highest BCUT2D eigenvalue weighted by molar-refractivity contribution is 7.98. The zero-order chi connectivity index (χ0) is 61.5. The number of nitrogens with one attached hydrogen (secondary N) is 9. The van der Waals surface area contributed by atoms with Crippen LogP contribution in [0.2, 0.25) is 0 Å². The van der Waals surface area contributed by atoms with Crippen LogP contribution >= 0.6 is 11.8 Å². The van der Waals surface area contributed by atoms with Gasteiger partial charge in [0.05, 0.1) is 31.3 Å². The minimum absolute atomic E-state index is 0.0590. The molecule has 0 heterocycles. The van der Waals surface area contributed by atoms with Crippen LogP contribution in [0.4, 0.5) is 0 Å². The van der Waals surface area contributed by atoms with E-state index in [1.54, 1.807) is 50.4 Å². The van der Waals surface area contributed by atoms with E-state index in [9.17, 15) is 73.2 Å². The number of amides is 10. The molecule has 28 nitrogen and oxygen atoms in total. The van der Waals surface area contributed by atoms with E-state index in [4.69, 9.17) is 22.9 Å². The lowest BCUT2D eigenvalue weighted by Crippen LogP contribution is -2.63. The van der Waals surface area contributed by atoms with Crippen LogP contribution in [0, 0.1) is 11.8 Å². The van der Waals surface area contributed by atoms with Gasteiger partial charge in [0, 0.05) is 6.42 Å². The smallest absolute Gasteiger partial charge is 0.326 e. The van der Waals surface area contributed by atoms with Crippen LogP contribution < -0.4 is 70.8 Å². The summed E-state index contributed by atoms with van der Waals surface area (Å²) >= 11 is 1.40. The Kier molecular flexibility index (Phi) is 34.2. The molecule has 1 rings (SSSR count). The van der Waals surface area contributed by atoms with Crippen LogP contribution in [0.1, 0.15) is 105 Å². The average molecular weight is 1170 g/mol. The molecule has 0 saturated carbocycles. The lowest BCUT2D eigenvalue weighted by molar-refractivity contribution is -0.143. The van der Waals surface area contributed by atoms with Crippen molar-refractivity contribution in [3.05, 3.63) is 35.9 Å². The van der Waals surface area contributed by atoms with Gasteiger partial charge < -0.3 is 91.2 Å². The summed E-state index contributed by atoms with van der Waals surface area (Å²) in [6.45, 7) is 8.43. The lowest BCUT2D eigenvalue weighted by atomic mass is 10.0. The number of aliphatic hydroxyl groups is 3. The number of rotatable bonds is 40. The summed E-state index contributed by atoms with van der Waals surface area (Å²) in [5, 5.41) is 63.2. The molecule has 0 bridgehead atoms. The second kappa shape index (κ2) is 38.2. The summed E-state index contributed by atoms with van der Waals surface area (Å²) in [5.74, 6) is -11.5. The molecular formula is C52H89N13O15S. The number of aliphatic hydroxyl groups excluding tert-OH is 3. The molecule has 1 aromatic carbocycles. The van der Waals surface area contributed by atoms with Gasteiger partial charge in [-0.1, -0.05) is 58.0 Å². The highest BCUT2D eigenvalue weighted by atomic mass is 32.2. The number of hydrogen-bond acceptors (Lipinski definition) is 18. The third kappa shape index (κ3) is 27.2. The van der Waals surface area contributed by atoms with Crippen molar-refractivity contribution in [2.24, 2.45) is 34.8 Å². The molecule has 0 fully saturated rings. The number of aliphatic carboxylic acids is 1. The molecule has 0 aromatic heterocycles.